The Labute approximate surface area is 123 Å². The van der Waals surface area contributed by atoms with Gasteiger partial charge in [0.15, 0.2) is 5.82 Å². The number of allylic oxidation sites excluding steroid dienone is 1. The van der Waals surface area contributed by atoms with Gasteiger partial charge in [-0.05, 0) is 35.3 Å². The zero-order valence-corrected chi connectivity index (χ0v) is 12.5. The molecule has 0 saturated carbocycles. The number of aromatic amines is 1. The highest BCUT2D eigenvalue weighted by Crippen LogP contribution is 2.30. The molecule has 2 N–H and O–H groups in total. The fourth-order valence-electron chi connectivity index (χ4n) is 2.46. The van der Waals surface area contributed by atoms with Gasteiger partial charge in [-0.3, -0.25) is 0 Å². The molecule has 4 heteroatoms. The van der Waals surface area contributed by atoms with Crippen molar-refractivity contribution in [1.82, 2.24) is 14.5 Å². The molecule has 2 aromatic heterocycles. The third-order valence-electron chi connectivity index (χ3n) is 3.83. The molecule has 0 aliphatic heterocycles. The van der Waals surface area contributed by atoms with Crippen LogP contribution in [-0.2, 0) is 7.05 Å². The number of nitrogens with zero attached hydrogens (tertiary/aromatic N) is 2. The molecule has 3 rings (SSSR count). The van der Waals surface area contributed by atoms with E-state index in [0.717, 1.165) is 22.2 Å². The molecule has 0 atom stereocenters. The molecule has 0 spiro atoms. The average Bonchev–Trinajstić information content (AvgIpc) is 2.99. The number of hydrogen-bond acceptors (Lipinski definition) is 2. The molecule has 4 nitrogen and oxygen atoms in total. The number of H-pyrrole nitrogens is 1. The Balaban J connectivity index is 2.11. The van der Waals surface area contributed by atoms with Gasteiger partial charge in [0, 0.05) is 13.2 Å². The second kappa shape index (κ2) is 4.81. The first-order valence-electron chi connectivity index (χ1n) is 7.01. The molecule has 0 amide bonds. The van der Waals surface area contributed by atoms with E-state index in [1.54, 1.807) is 6.07 Å². The van der Waals surface area contributed by atoms with E-state index < -0.39 is 0 Å². The molecular formula is C17H19N3O. The average molecular weight is 281 g/mol. The first-order chi connectivity index (χ1) is 9.97. The lowest BCUT2D eigenvalue weighted by atomic mass is 9.97. The highest BCUT2D eigenvalue weighted by atomic mass is 16.3. The fourth-order valence-corrected chi connectivity index (χ4v) is 2.46. The maximum Gasteiger partial charge on any atom is 0.159 e. The van der Waals surface area contributed by atoms with Crippen molar-refractivity contribution in [3.63, 3.8) is 0 Å². The second-order valence-corrected chi connectivity index (χ2v) is 5.66. The Morgan fingerprint density at radius 2 is 2.10 bits per heavy atom. The molecule has 2 heterocycles. The molecule has 0 aliphatic carbocycles. The Hall–Kier alpha value is -2.49. The Morgan fingerprint density at radius 3 is 2.71 bits per heavy atom. The SMILES string of the molecule is C=C(c1ccc2nc(-c3c(O)ccn3C)[nH]c2c1)C(C)C. The third kappa shape index (κ3) is 2.23. The van der Waals surface area contributed by atoms with Crippen LogP contribution in [0.2, 0.25) is 0 Å². The lowest BCUT2D eigenvalue weighted by molar-refractivity contribution is 0.476. The normalized spacial score (nSPS) is 11.4. The number of rotatable bonds is 3. The predicted octanol–water partition coefficient (Wildman–Crippen LogP) is 3.94. The number of aromatic nitrogens is 3. The molecule has 0 bridgehead atoms. The Bertz CT molecular complexity index is 804. The number of aryl methyl sites for hydroxylation is 1. The van der Waals surface area contributed by atoms with E-state index in [-0.39, 0.29) is 5.75 Å². The van der Waals surface area contributed by atoms with Gasteiger partial charge >= 0.3 is 0 Å². The van der Waals surface area contributed by atoms with Gasteiger partial charge in [-0.15, -0.1) is 0 Å². The van der Waals surface area contributed by atoms with Crippen LogP contribution in [0, 0.1) is 5.92 Å². The number of imidazole rings is 1. The van der Waals surface area contributed by atoms with Gasteiger partial charge in [-0.25, -0.2) is 4.98 Å². The molecule has 108 valence electrons. The minimum atomic E-state index is 0.225. The van der Waals surface area contributed by atoms with E-state index in [1.165, 1.54) is 0 Å². The molecule has 0 unspecified atom stereocenters. The quantitative estimate of drug-likeness (QED) is 0.764. The summed E-state index contributed by atoms with van der Waals surface area (Å²) in [6, 6.07) is 7.75. The van der Waals surface area contributed by atoms with Gasteiger partial charge in [0.25, 0.3) is 0 Å². The van der Waals surface area contributed by atoms with Crippen molar-refractivity contribution < 1.29 is 5.11 Å². The van der Waals surface area contributed by atoms with E-state index in [4.69, 9.17) is 0 Å². The van der Waals surface area contributed by atoms with Crippen LogP contribution < -0.4 is 0 Å². The number of hydrogen-bond donors (Lipinski definition) is 2. The summed E-state index contributed by atoms with van der Waals surface area (Å²) in [5.74, 6) is 1.30. The third-order valence-corrected chi connectivity index (χ3v) is 3.83. The summed E-state index contributed by atoms with van der Waals surface area (Å²) in [7, 11) is 1.88. The monoisotopic (exact) mass is 281 g/mol. The predicted molar refractivity (Wildman–Crippen MR) is 86.0 cm³/mol. The topological polar surface area (TPSA) is 53.8 Å². The first kappa shape index (κ1) is 13.5. The number of benzene rings is 1. The fraction of sp³-hybridized carbons (Fsp3) is 0.235. The molecule has 21 heavy (non-hydrogen) atoms. The van der Waals surface area contributed by atoms with Crippen LogP contribution in [0.1, 0.15) is 19.4 Å². The van der Waals surface area contributed by atoms with E-state index in [2.05, 4.69) is 36.5 Å². The molecular weight excluding hydrogens is 262 g/mol. The summed E-state index contributed by atoms with van der Waals surface area (Å²) in [4.78, 5) is 7.84. The smallest absolute Gasteiger partial charge is 0.159 e. The van der Waals surface area contributed by atoms with Crippen molar-refractivity contribution in [3.05, 3.63) is 42.6 Å². The van der Waals surface area contributed by atoms with Crippen LogP contribution in [0.15, 0.2) is 37.0 Å². The summed E-state index contributed by atoms with van der Waals surface area (Å²) in [6.45, 7) is 8.40. The lowest BCUT2D eigenvalue weighted by Gasteiger charge is -2.09. The van der Waals surface area contributed by atoms with Crippen LogP contribution in [0.4, 0.5) is 0 Å². The Morgan fingerprint density at radius 1 is 1.33 bits per heavy atom. The van der Waals surface area contributed by atoms with Crippen molar-refractivity contribution in [2.75, 3.05) is 0 Å². The molecule has 0 saturated heterocycles. The van der Waals surface area contributed by atoms with E-state index in [0.29, 0.717) is 17.4 Å². The second-order valence-electron chi connectivity index (χ2n) is 5.66. The molecule has 1 aromatic carbocycles. The van der Waals surface area contributed by atoms with Crippen molar-refractivity contribution in [2.45, 2.75) is 13.8 Å². The van der Waals surface area contributed by atoms with Crippen molar-refractivity contribution >= 4 is 16.6 Å². The number of nitrogens with one attached hydrogen (secondary N) is 1. The van der Waals surface area contributed by atoms with Crippen LogP contribution in [0.25, 0.3) is 28.1 Å². The molecule has 3 aromatic rings. The van der Waals surface area contributed by atoms with Crippen molar-refractivity contribution in [2.24, 2.45) is 13.0 Å². The van der Waals surface area contributed by atoms with Crippen LogP contribution in [-0.4, -0.2) is 19.6 Å². The molecule has 0 fully saturated rings. The number of fused-ring (bicyclic) bond motifs is 1. The highest BCUT2D eigenvalue weighted by molar-refractivity contribution is 5.83. The van der Waals surface area contributed by atoms with E-state index in [9.17, 15) is 5.11 Å². The van der Waals surface area contributed by atoms with Gasteiger partial charge in [0.2, 0.25) is 0 Å². The molecule has 0 radical (unpaired) electrons. The largest absolute Gasteiger partial charge is 0.506 e. The standard InChI is InChI=1S/C17H19N3O/c1-10(2)11(3)12-5-6-13-14(9-12)19-17(18-13)16-15(21)7-8-20(16)4/h5-10,21H,3H2,1-2,4H3,(H,18,19). The van der Waals surface area contributed by atoms with Crippen molar-refractivity contribution in [1.29, 1.82) is 0 Å². The maximum atomic E-state index is 9.93. The first-order valence-corrected chi connectivity index (χ1v) is 7.01. The minimum Gasteiger partial charge on any atom is -0.506 e. The van der Waals surface area contributed by atoms with Gasteiger partial charge < -0.3 is 14.7 Å². The van der Waals surface area contributed by atoms with Crippen LogP contribution >= 0.6 is 0 Å². The lowest BCUT2D eigenvalue weighted by Crippen LogP contribution is -1.91. The highest BCUT2D eigenvalue weighted by Gasteiger charge is 2.14. The number of aromatic hydroxyl groups is 1. The zero-order chi connectivity index (χ0) is 15.1. The summed E-state index contributed by atoms with van der Waals surface area (Å²) in [5, 5.41) is 9.93. The van der Waals surface area contributed by atoms with Crippen LogP contribution in [0.3, 0.4) is 0 Å². The van der Waals surface area contributed by atoms with E-state index >= 15 is 0 Å². The van der Waals surface area contributed by atoms with Gasteiger partial charge in [0.1, 0.15) is 11.4 Å². The zero-order valence-electron chi connectivity index (χ0n) is 12.5. The maximum absolute atomic E-state index is 9.93. The van der Waals surface area contributed by atoms with Gasteiger partial charge in [-0.1, -0.05) is 26.5 Å². The molecule has 0 aliphatic rings. The van der Waals surface area contributed by atoms with Crippen molar-refractivity contribution in [3.8, 4) is 17.3 Å². The minimum absolute atomic E-state index is 0.225. The summed E-state index contributed by atoms with van der Waals surface area (Å²) in [6.07, 6.45) is 1.81. The summed E-state index contributed by atoms with van der Waals surface area (Å²) < 4.78 is 1.85. The van der Waals surface area contributed by atoms with Gasteiger partial charge in [-0.2, -0.15) is 0 Å². The van der Waals surface area contributed by atoms with Crippen LogP contribution in [0.5, 0.6) is 5.75 Å². The summed E-state index contributed by atoms with van der Waals surface area (Å²) >= 11 is 0. The van der Waals surface area contributed by atoms with Gasteiger partial charge in [0.05, 0.1) is 11.0 Å². The van der Waals surface area contributed by atoms with E-state index in [1.807, 2.05) is 29.9 Å². The summed E-state index contributed by atoms with van der Waals surface area (Å²) in [5.41, 5.74) is 4.74. The Kier molecular flexibility index (Phi) is 3.09.